The van der Waals surface area contributed by atoms with Gasteiger partial charge >= 0.3 is 7.82 Å². The molecule has 0 saturated carbocycles. The van der Waals surface area contributed by atoms with E-state index in [0.29, 0.717) is 18.7 Å². The number of ether oxygens (including phenoxy) is 1. The summed E-state index contributed by atoms with van der Waals surface area (Å²) >= 11 is 0. The molecular formula is C18H28N5O6P. The van der Waals surface area contributed by atoms with Gasteiger partial charge < -0.3 is 10.5 Å². The van der Waals surface area contributed by atoms with Gasteiger partial charge in [-0.25, -0.2) is 9.55 Å². The molecule has 30 heavy (non-hydrogen) atoms. The average molecular weight is 441 g/mol. The third-order valence-electron chi connectivity index (χ3n) is 5.35. The number of hydrogen-bond donors (Lipinski definition) is 2. The van der Waals surface area contributed by atoms with Crippen LogP contribution in [0.4, 0.5) is 5.95 Å². The number of fused-ring (bicyclic) bond motifs is 2. The predicted octanol–water partition coefficient (Wildman–Crippen LogP) is 2.89. The summed E-state index contributed by atoms with van der Waals surface area (Å²) in [6.07, 6.45) is 7.17. The fourth-order valence-corrected chi connectivity index (χ4v) is 5.21. The van der Waals surface area contributed by atoms with Crippen molar-refractivity contribution >= 4 is 24.9 Å². The highest BCUT2D eigenvalue weighted by Gasteiger charge is 2.48. The molecule has 11 nitrogen and oxygen atoms in total. The van der Waals surface area contributed by atoms with Crippen molar-refractivity contribution in [3.8, 4) is 0 Å². The number of rotatable bonds is 9. The van der Waals surface area contributed by atoms with E-state index in [2.05, 4.69) is 21.9 Å². The lowest BCUT2D eigenvalue weighted by atomic mass is 10.1. The topological polar surface area (TPSA) is 144 Å². The average Bonchev–Trinajstić information content (AvgIpc) is 3.30. The summed E-state index contributed by atoms with van der Waals surface area (Å²) in [6.45, 7) is 2.62. The summed E-state index contributed by atoms with van der Waals surface area (Å²) in [7, 11) is -3.61. The first-order valence-electron chi connectivity index (χ1n) is 10.4. The highest BCUT2D eigenvalue weighted by Crippen LogP contribution is 2.56. The summed E-state index contributed by atoms with van der Waals surface area (Å²) < 4.78 is 36.9. The second-order valence-electron chi connectivity index (χ2n) is 7.63. The maximum atomic E-state index is 12.8. The van der Waals surface area contributed by atoms with E-state index in [1.807, 2.05) is 0 Å². The van der Waals surface area contributed by atoms with Crippen LogP contribution in [0.3, 0.4) is 0 Å². The van der Waals surface area contributed by atoms with E-state index in [1.54, 1.807) is 4.57 Å². The Balaban J connectivity index is 1.34. The number of H-pyrrole nitrogens is 1. The Morgan fingerprint density at radius 1 is 1.30 bits per heavy atom. The van der Waals surface area contributed by atoms with Gasteiger partial charge in [0.1, 0.15) is 18.4 Å². The molecule has 0 spiro atoms. The summed E-state index contributed by atoms with van der Waals surface area (Å²) in [5, 5.41) is 0. The lowest BCUT2D eigenvalue weighted by molar-refractivity contribution is -0.0706. The smallest absolute Gasteiger partial charge is 0.369 e. The van der Waals surface area contributed by atoms with Crippen LogP contribution in [0.2, 0.25) is 0 Å². The molecule has 2 aliphatic rings. The van der Waals surface area contributed by atoms with Gasteiger partial charge in [0.2, 0.25) is 5.95 Å². The van der Waals surface area contributed by atoms with Crippen molar-refractivity contribution in [2.75, 3.05) is 18.9 Å². The van der Waals surface area contributed by atoms with E-state index in [0.717, 1.165) is 19.3 Å². The minimum absolute atomic E-state index is 0.00292. The number of anilines is 1. The fourth-order valence-electron chi connectivity index (χ4n) is 3.77. The lowest BCUT2D eigenvalue weighted by Gasteiger charge is -2.29. The molecule has 0 radical (unpaired) electrons. The molecular weight excluding hydrogens is 413 g/mol. The second-order valence-corrected chi connectivity index (χ2v) is 9.25. The molecule has 2 aromatic heterocycles. The molecule has 4 heterocycles. The highest BCUT2D eigenvalue weighted by atomic mass is 31.2. The number of aromatic nitrogens is 4. The Labute approximate surface area is 173 Å². The first-order valence-corrected chi connectivity index (χ1v) is 11.9. The van der Waals surface area contributed by atoms with Gasteiger partial charge in [-0.2, -0.15) is 4.98 Å². The number of phosphoric acid groups is 1. The number of unbranched alkanes of at least 4 members (excludes halogenated alkanes) is 5. The summed E-state index contributed by atoms with van der Waals surface area (Å²) in [4.78, 5) is 22.6. The van der Waals surface area contributed by atoms with Crippen LogP contribution >= 0.6 is 7.82 Å². The third kappa shape index (κ3) is 4.60. The van der Waals surface area contributed by atoms with Crippen molar-refractivity contribution in [1.29, 1.82) is 0 Å². The van der Waals surface area contributed by atoms with Gasteiger partial charge in [-0.15, -0.1) is 0 Å². The molecule has 2 fully saturated rings. The molecule has 12 heteroatoms. The normalized spacial score (nSPS) is 28.8. The van der Waals surface area contributed by atoms with Gasteiger partial charge in [-0.3, -0.25) is 27.9 Å². The number of hydrogen-bond acceptors (Lipinski definition) is 9. The number of nitrogens with two attached hydrogens (primary N) is 1. The Morgan fingerprint density at radius 3 is 2.93 bits per heavy atom. The molecule has 0 aromatic carbocycles. The molecule has 4 rings (SSSR count). The number of phosphoric ester groups is 1. The van der Waals surface area contributed by atoms with E-state index in [1.165, 1.54) is 25.6 Å². The van der Waals surface area contributed by atoms with Crippen LogP contribution < -0.4 is 11.3 Å². The van der Waals surface area contributed by atoms with E-state index in [-0.39, 0.29) is 18.1 Å². The molecule has 2 aliphatic heterocycles. The molecule has 0 bridgehead atoms. The number of imidazole rings is 1. The quantitative estimate of drug-likeness (QED) is 0.443. The second kappa shape index (κ2) is 9.15. The Bertz CT molecular complexity index is 978. The molecule has 1 unspecified atom stereocenters. The third-order valence-corrected chi connectivity index (χ3v) is 6.84. The van der Waals surface area contributed by atoms with Gasteiger partial charge in [0.15, 0.2) is 11.2 Å². The zero-order valence-electron chi connectivity index (χ0n) is 17.0. The maximum Gasteiger partial charge on any atom is 0.475 e. The van der Waals surface area contributed by atoms with Crippen LogP contribution in [0.15, 0.2) is 11.1 Å². The predicted molar refractivity (Wildman–Crippen MR) is 109 cm³/mol. The fraction of sp³-hybridized carbons (Fsp3) is 0.722. The summed E-state index contributed by atoms with van der Waals surface area (Å²) in [5.74, 6) is -0.00292. The van der Waals surface area contributed by atoms with E-state index >= 15 is 0 Å². The monoisotopic (exact) mass is 441 g/mol. The Hall–Kier alpha value is -1.78. The molecule has 2 saturated heterocycles. The van der Waals surface area contributed by atoms with Crippen LogP contribution in [-0.2, 0) is 22.9 Å². The van der Waals surface area contributed by atoms with Gasteiger partial charge in [0.25, 0.3) is 5.56 Å². The van der Waals surface area contributed by atoms with Crippen LogP contribution in [0.25, 0.3) is 11.2 Å². The largest absolute Gasteiger partial charge is 0.475 e. The number of aromatic amines is 1. The van der Waals surface area contributed by atoms with Crippen molar-refractivity contribution in [3.63, 3.8) is 0 Å². The molecule has 2 aromatic rings. The van der Waals surface area contributed by atoms with Crippen molar-refractivity contribution in [3.05, 3.63) is 16.7 Å². The highest BCUT2D eigenvalue weighted by molar-refractivity contribution is 7.48. The van der Waals surface area contributed by atoms with Crippen molar-refractivity contribution in [2.24, 2.45) is 0 Å². The molecule has 0 amide bonds. The molecule has 0 aliphatic carbocycles. The molecule has 3 N–H and O–H groups in total. The zero-order valence-corrected chi connectivity index (χ0v) is 17.9. The Kier molecular flexibility index (Phi) is 6.54. The molecule has 4 atom stereocenters. The van der Waals surface area contributed by atoms with Gasteiger partial charge in [-0.05, 0) is 6.42 Å². The van der Waals surface area contributed by atoms with Crippen molar-refractivity contribution in [2.45, 2.75) is 70.3 Å². The van der Waals surface area contributed by atoms with Crippen LogP contribution in [0.1, 0.15) is 58.1 Å². The van der Waals surface area contributed by atoms with Gasteiger partial charge in [0.05, 0.1) is 19.5 Å². The van der Waals surface area contributed by atoms with Gasteiger partial charge in [0, 0.05) is 6.42 Å². The minimum atomic E-state index is -3.61. The van der Waals surface area contributed by atoms with E-state index < -0.39 is 31.8 Å². The van der Waals surface area contributed by atoms with Crippen LogP contribution in [0.5, 0.6) is 0 Å². The summed E-state index contributed by atoms with van der Waals surface area (Å²) in [5.41, 5.74) is 5.73. The van der Waals surface area contributed by atoms with E-state index in [4.69, 9.17) is 24.0 Å². The first kappa shape index (κ1) is 21.5. The summed E-state index contributed by atoms with van der Waals surface area (Å²) in [6, 6.07) is 0. The zero-order chi connectivity index (χ0) is 21.1. The van der Waals surface area contributed by atoms with Crippen LogP contribution in [-0.4, -0.2) is 44.9 Å². The SMILES string of the molecule is CCCCCCCCOP1(=O)OC[C@H]2O[C@@H](n3cnc4c(=O)[nH]c(N)nc43)C[C@@H]2O1. The van der Waals surface area contributed by atoms with Crippen molar-refractivity contribution < 1.29 is 22.9 Å². The van der Waals surface area contributed by atoms with Gasteiger partial charge in [-0.1, -0.05) is 39.0 Å². The standard InChI is InChI=1S/C18H28N5O6P/c1-2-3-4-5-6-7-8-26-30(25)27-10-13-12(29-30)9-14(28-13)23-11-20-15-16(23)21-18(19)22-17(15)24/h11-14H,2-10H2,1H3,(H3,19,21,22,24)/t12-,13+,14+,30?/m0/s1. The number of nitrogen functional groups attached to an aromatic ring is 1. The number of nitrogens with one attached hydrogen (secondary N) is 1. The lowest BCUT2D eigenvalue weighted by Crippen LogP contribution is -2.33. The van der Waals surface area contributed by atoms with Crippen molar-refractivity contribution in [1.82, 2.24) is 19.5 Å². The maximum absolute atomic E-state index is 12.8. The minimum Gasteiger partial charge on any atom is -0.369 e. The van der Waals surface area contributed by atoms with E-state index in [9.17, 15) is 9.36 Å². The Morgan fingerprint density at radius 2 is 2.10 bits per heavy atom. The molecule has 166 valence electrons. The number of nitrogens with zero attached hydrogens (tertiary/aromatic N) is 3. The van der Waals surface area contributed by atoms with Crippen LogP contribution in [0, 0.1) is 0 Å². The first-order chi connectivity index (χ1) is 14.5.